The molecule has 0 radical (unpaired) electrons. The fraction of sp³-hybridized carbons (Fsp3) is 0.136. The highest BCUT2D eigenvalue weighted by atomic mass is 79.9. The first-order valence-electron chi connectivity index (χ1n) is 9.22. The number of nitrogens with zero attached hydrogens (tertiary/aromatic N) is 1. The van der Waals surface area contributed by atoms with Crippen LogP contribution in [0.5, 0.6) is 5.75 Å². The minimum Gasteiger partial charge on any atom is -0.497 e. The zero-order valence-electron chi connectivity index (χ0n) is 16.6. The van der Waals surface area contributed by atoms with E-state index in [-0.39, 0.29) is 18.0 Å². The molecule has 9 heteroatoms. The molecule has 6 nitrogen and oxygen atoms in total. The van der Waals surface area contributed by atoms with Crippen molar-refractivity contribution in [3.63, 3.8) is 0 Å². The Bertz CT molecular complexity index is 1150. The summed E-state index contributed by atoms with van der Waals surface area (Å²) in [6.07, 6.45) is 0. The Kier molecular flexibility index (Phi) is 7.72. The molecule has 0 aromatic heterocycles. The average Bonchev–Trinajstić information content (AvgIpc) is 2.75. The van der Waals surface area contributed by atoms with Crippen molar-refractivity contribution >= 4 is 49.1 Å². The monoisotopic (exact) mass is 522 g/mol. The standard InChI is InChI=1S/C22H20BrClN2O4S/c1-30-20-4-2-3-19(13-20)25-22(27)15-26(14-16-5-7-17(23)8-6-16)31(28,29)21-11-9-18(24)10-12-21/h2-13H,14-15H2,1H3,(H,25,27). The second kappa shape index (κ2) is 10.3. The molecular weight excluding hydrogens is 504 g/mol. The predicted octanol–water partition coefficient (Wildman–Crippen LogP) is 4.94. The molecule has 0 fully saturated rings. The fourth-order valence-electron chi connectivity index (χ4n) is 2.84. The molecule has 162 valence electrons. The van der Waals surface area contributed by atoms with Gasteiger partial charge in [0, 0.05) is 27.8 Å². The molecule has 3 aromatic carbocycles. The molecule has 0 spiro atoms. The van der Waals surface area contributed by atoms with E-state index in [1.54, 1.807) is 36.4 Å². The molecule has 0 bridgehead atoms. The van der Waals surface area contributed by atoms with Gasteiger partial charge in [-0.1, -0.05) is 45.7 Å². The molecule has 31 heavy (non-hydrogen) atoms. The second-order valence-electron chi connectivity index (χ2n) is 6.63. The van der Waals surface area contributed by atoms with Crippen molar-refractivity contribution in [1.82, 2.24) is 4.31 Å². The third-order valence-electron chi connectivity index (χ3n) is 4.40. The number of halogens is 2. The number of anilines is 1. The highest BCUT2D eigenvalue weighted by Gasteiger charge is 2.27. The number of carbonyl (C=O) groups is 1. The Morgan fingerprint density at radius 3 is 2.39 bits per heavy atom. The summed E-state index contributed by atoms with van der Waals surface area (Å²) in [6.45, 7) is -0.331. The van der Waals surface area contributed by atoms with Crippen molar-refractivity contribution in [3.05, 3.63) is 87.9 Å². The minimum atomic E-state index is -3.95. The predicted molar refractivity (Wildman–Crippen MR) is 125 cm³/mol. The van der Waals surface area contributed by atoms with E-state index in [2.05, 4.69) is 21.2 Å². The van der Waals surface area contributed by atoms with Crippen LogP contribution in [0.4, 0.5) is 5.69 Å². The quantitative estimate of drug-likeness (QED) is 0.454. The minimum absolute atomic E-state index is 0.0315. The first-order chi connectivity index (χ1) is 14.8. The first-order valence-corrected chi connectivity index (χ1v) is 11.8. The van der Waals surface area contributed by atoms with Gasteiger partial charge in [-0.05, 0) is 54.1 Å². The zero-order valence-corrected chi connectivity index (χ0v) is 19.7. The van der Waals surface area contributed by atoms with E-state index in [4.69, 9.17) is 16.3 Å². The van der Waals surface area contributed by atoms with Gasteiger partial charge in [0.15, 0.2) is 0 Å². The molecule has 0 saturated heterocycles. The number of benzene rings is 3. The summed E-state index contributed by atoms with van der Waals surface area (Å²) in [6, 6.07) is 19.9. The van der Waals surface area contributed by atoms with Crippen molar-refractivity contribution in [2.45, 2.75) is 11.4 Å². The van der Waals surface area contributed by atoms with Crippen molar-refractivity contribution in [2.24, 2.45) is 0 Å². The maximum Gasteiger partial charge on any atom is 0.243 e. The van der Waals surface area contributed by atoms with Gasteiger partial charge in [0.05, 0.1) is 18.6 Å². The largest absolute Gasteiger partial charge is 0.497 e. The third-order valence-corrected chi connectivity index (χ3v) is 6.98. The summed E-state index contributed by atoms with van der Waals surface area (Å²) in [5.41, 5.74) is 1.26. The number of hydrogen-bond acceptors (Lipinski definition) is 4. The number of methoxy groups -OCH3 is 1. The smallest absolute Gasteiger partial charge is 0.243 e. The summed E-state index contributed by atoms with van der Waals surface area (Å²) in [5, 5.41) is 3.15. The maximum atomic E-state index is 13.3. The number of hydrogen-bond donors (Lipinski definition) is 1. The Morgan fingerprint density at radius 1 is 1.06 bits per heavy atom. The van der Waals surface area contributed by atoms with Crippen LogP contribution in [0, 0.1) is 0 Å². The van der Waals surface area contributed by atoms with Gasteiger partial charge in [-0.2, -0.15) is 4.31 Å². The lowest BCUT2D eigenvalue weighted by Crippen LogP contribution is -2.37. The Labute approximate surface area is 195 Å². The summed E-state index contributed by atoms with van der Waals surface area (Å²) in [4.78, 5) is 12.8. The van der Waals surface area contributed by atoms with Crippen LogP contribution in [-0.2, 0) is 21.4 Å². The Balaban J connectivity index is 1.86. The number of rotatable bonds is 8. The van der Waals surface area contributed by atoms with Crippen LogP contribution in [0.25, 0.3) is 0 Å². The van der Waals surface area contributed by atoms with Gasteiger partial charge in [0.2, 0.25) is 15.9 Å². The van der Waals surface area contributed by atoms with E-state index in [1.807, 2.05) is 12.1 Å². The first kappa shape index (κ1) is 23.3. The van der Waals surface area contributed by atoms with Crippen LogP contribution >= 0.6 is 27.5 Å². The molecule has 1 amide bonds. The topological polar surface area (TPSA) is 75.7 Å². The molecule has 0 aliphatic heterocycles. The van der Waals surface area contributed by atoms with E-state index in [9.17, 15) is 13.2 Å². The second-order valence-corrected chi connectivity index (χ2v) is 9.92. The van der Waals surface area contributed by atoms with Gasteiger partial charge >= 0.3 is 0 Å². The van der Waals surface area contributed by atoms with Crippen molar-refractivity contribution in [2.75, 3.05) is 19.0 Å². The Morgan fingerprint density at radius 2 is 1.74 bits per heavy atom. The summed E-state index contributed by atoms with van der Waals surface area (Å²) in [5.74, 6) is 0.112. The van der Waals surface area contributed by atoms with Crippen LogP contribution in [-0.4, -0.2) is 32.3 Å². The summed E-state index contributed by atoms with van der Waals surface area (Å²) in [7, 11) is -2.42. The average molecular weight is 524 g/mol. The van der Waals surface area contributed by atoms with E-state index in [0.29, 0.717) is 16.5 Å². The van der Waals surface area contributed by atoms with Gasteiger partial charge < -0.3 is 10.1 Å². The highest BCUT2D eigenvalue weighted by molar-refractivity contribution is 9.10. The zero-order chi connectivity index (χ0) is 22.4. The summed E-state index contributed by atoms with van der Waals surface area (Å²) >= 11 is 9.26. The summed E-state index contributed by atoms with van der Waals surface area (Å²) < 4.78 is 33.7. The molecule has 3 aromatic rings. The molecule has 0 aliphatic rings. The van der Waals surface area contributed by atoms with Gasteiger partial charge in [-0.15, -0.1) is 0 Å². The molecule has 0 unspecified atom stereocenters. The normalized spacial score (nSPS) is 11.4. The third kappa shape index (κ3) is 6.30. The SMILES string of the molecule is COc1cccc(NC(=O)CN(Cc2ccc(Br)cc2)S(=O)(=O)c2ccc(Cl)cc2)c1. The molecule has 3 rings (SSSR count). The van der Waals surface area contributed by atoms with Crippen LogP contribution < -0.4 is 10.1 Å². The Hall–Kier alpha value is -2.39. The van der Waals surface area contributed by atoms with E-state index >= 15 is 0 Å². The van der Waals surface area contributed by atoms with Crippen LogP contribution in [0.1, 0.15) is 5.56 Å². The van der Waals surface area contributed by atoms with E-state index in [0.717, 1.165) is 14.3 Å². The van der Waals surface area contributed by atoms with Gasteiger partial charge in [0.25, 0.3) is 0 Å². The molecule has 0 aliphatic carbocycles. The van der Waals surface area contributed by atoms with Crippen molar-refractivity contribution in [1.29, 1.82) is 0 Å². The molecule has 1 N–H and O–H groups in total. The lowest BCUT2D eigenvalue weighted by atomic mass is 10.2. The fourth-order valence-corrected chi connectivity index (χ4v) is 4.61. The molecule has 0 saturated carbocycles. The number of ether oxygens (including phenoxy) is 1. The highest BCUT2D eigenvalue weighted by Crippen LogP contribution is 2.22. The van der Waals surface area contributed by atoms with E-state index < -0.39 is 15.9 Å². The van der Waals surface area contributed by atoms with Gasteiger partial charge in [-0.3, -0.25) is 4.79 Å². The molecule has 0 heterocycles. The maximum absolute atomic E-state index is 13.3. The lowest BCUT2D eigenvalue weighted by Gasteiger charge is -2.22. The molecular formula is C22H20BrClN2O4S. The number of carbonyl (C=O) groups excluding carboxylic acids is 1. The van der Waals surface area contributed by atoms with Crippen molar-refractivity contribution in [3.8, 4) is 5.75 Å². The number of nitrogens with one attached hydrogen (secondary N) is 1. The van der Waals surface area contributed by atoms with Crippen LogP contribution in [0.15, 0.2) is 82.2 Å². The van der Waals surface area contributed by atoms with Crippen molar-refractivity contribution < 1.29 is 17.9 Å². The lowest BCUT2D eigenvalue weighted by molar-refractivity contribution is -0.116. The van der Waals surface area contributed by atoms with Gasteiger partial charge in [-0.25, -0.2) is 8.42 Å². The van der Waals surface area contributed by atoms with Crippen LogP contribution in [0.3, 0.4) is 0 Å². The van der Waals surface area contributed by atoms with Crippen LogP contribution in [0.2, 0.25) is 5.02 Å². The number of amides is 1. The number of sulfonamides is 1. The van der Waals surface area contributed by atoms with E-state index in [1.165, 1.54) is 31.4 Å². The molecule has 0 atom stereocenters. The van der Waals surface area contributed by atoms with Gasteiger partial charge in [0.1, 0.15) is 5.75 Å².